The van der Waals surface area contributed by atoms with Crippen molar-refractivity contribution in [2.24, 2.45) is 0 Å². The lowest BCUT2D eigenvalue weighted by atomic mass is 10.1. The number of imide groups is 1. The molecule has 0 fully saturated rings. The van der Waals surface area contributed by atoms with E-state index in [0.717, 1.165) is 21.8 Å². The van der Waals surface area contributed by atoms with E-state index < -0.39 is 0 Å². The number of carbonyl (C=O) groups is 3. The fourth-order valence-electron chi connectivity index (χ4n) is 2.76. The zero-order valence-corrected chi connectivity index (χ0v) is 15.1. The number of aromatic nitrogens is 2. The largest absolute Gasteiger partial charge is 0.296 e. The van der Waals surface area contributed by atoms with Crippen LogP contribution in [0.2, 0.25) is 0 Å². The highest BCUT2D eigenvalue weighted by Crippen LogP contribution is 2.26. The van der Waals surface area contributed by atoms with Gasteiger partial charge in [-0.05, 0) is 31.2 Å². The van der Waals surface area contributed by atoms with Crippen LogP contribution in [0.5, 0.6) is 0 Å². The lowest BCUT2D eigenvalue weighted by molar-refractivity contribution is 0.0641. The van der Waals surface area contributed by atoms with Gasteiger partial charge in [0.25, 0.3) is 17.7 Å². The molecule has 3 aromatic rings. The minimum absolute atomic E-state index is 0.0183. The first-order chi connectivity index (χ1) is 13.0. The van der Waals surface area contributed by atoms with Gasteiger partial charge in [-0.1, -0.05) is 41.2 Å². The van der Waals surface area contributed by atoms with Crippen LogP contribution in [0.1, 0.15) is 41.6 Å². The quantitative estimate of drug-likeness (QED) is 0.705. The average molecular weight is 378 g/mol. The molecule has 8 heteroatoms. The van der Waals surface area contributed by atoms with E-state index in [-0.39, 0.29) is 24.3 Å². The first-order valence-electron chi connectivity index (χ1n) is 8.18. The maximum Gasteiger partial charge on any atom is 0.261 e. The van der Waals surface area contributed by atoms with Crippen molar-refractivity contribution in [3.63, 3.8) is 0 Å². The molecule has 1 aliphatic rings. The van der Waals surface area contributed by atoms with E-state index in [1.54, 1.807) is 36.4 Å². The van der Waals surface area contributed by atoms with Crippen molar-refractivity contribution in [3.8, 4) is 0 Å². The number of hydrogen-bond acceptors (Lipinski definition) is 6. The minimum Gasteiger partial charge on any atom is -0.296 e. The Labute approximate surface area is 158 Å². The van der Waals surface area contributed by atoms with E-state index in [0.29, 0.717) is 26.8 Å². The summed E-state index contributed by atoms with van der Waals surface area (Å²) in [5.74, 6) is -0.995. The van der Waals surface area contributed by atoms with E-state index in [2.05, 4.69) is 15.5 Å². The second-order valence-corrected chi connectivity index (χ2v) is 7.13. The summed E-state index contributed by atoms with van der Waals surface area (Å²) in [6.07, 6.45) is 0. The molecule has 3 amide bonds. The number of carbonyl (C=O) groups excluding carboxylic acids is 3. The van der Waals surface area contributed by atoms with E-state index >= 15 is 0 Å². The van der Waals surface area contributed by atoms with E-state index in [9.17, 15) is 14.4 Å². The highest BCUT2D eigenvalue weighted by Gasteiger charge is 2.35. The molecule has 4 rings (SSSR count). The van der Waals surface area contributed by atoms with E-state index in [1.807, 2.05) is 19.1 Å². The number of amides is 3. The molecule has 0 saturated carbocycles. The molecule has 0 saturated heterocycles. The van der Waals surface area contributed by atoms with Crippen molar-refractivity contribution in [2.45, 2.75) is 13.5 Å². The Kier molecular flexibility index (Phi) is 4.25. The smallest absolute Gasteiger partial charge is 0.261 e. The average Bonchev–Trinajstić information content (AvgIpc) is 3.21. The van der Waals surface area contributed by atoms with Gasteiger partial charge in [-0.25, -0.2) is 0 Å². The number of anilines is 1. The van der Waals surface area contributed by atoms with Crippen LogP contribution < -0.4 is 5.32 Å². The summed E-state index contributed by atoms with van der Waals surface area (Å²) in [4.78, 5) is 38.2. The summed E-state index contributed by atoms with van der Waals surface area (Å²) in [7, 11) is 0. The molecule has 0 aliphatic carbocycles. The van der Waals surface area contributed by atoms with Crippen molar-refractivity contribution < 1.29 is 14.4 Å². The molecule has 27 heavy (non-hydrogen) atoms. The van der Waals surface area contributed by atoms with Crippen molar-refractivity contribution in [2.75, 3.05) is 5.32 Å². The fourth-order valence-corrected chi connectivity index (χ4v) is 3.48. The molecule has 0 atom stereocenters. The van der Waals surface area contributed by atoms with E-state index in [1.165, 1.54) is 0 Å². The highest BCUT2D eigenvalue weighted by atomic mass is 32.1. The maximum atomic E-state index is 12.4. The molecule has 7 nitrogen and oxygen atoms in total. The lowest BCUT2D eigenvalue weighted by Gasteiger charge is -2.10. The molecule has 2 heterocycles. The fraction of sp³-hybridized carbons (Fsp3) is 0.105. The van der Waals surface area contributed by atoms with Gasteiger partial charge in [0.05, 0.1) is 17.7 Å². The van der Waals surface area contributed by atoms with E-state index in [4.69, 9.17) is 0 Å². The van der Waals surface area contributed by atoms with Gasteiger partial charge in [0.2, 0.25) is 5.13 Å². The number of fused-ring (bicyclic) bond motifs is 1. The first kappa shape index (κ1) is 17.0. The number of benzene rings is 2. The lowest BCUT2D eigenvalue weighted by Crippen LogP contribution is -2.29. The van der Waals surface area contributed by atoms with Crippen LogP contribution in [0.25, 0.3) is 0 Å². The molecule has 0 bridgehead atoms. The summed E-state index contributed by atoms with van der Waals surface area (Å²) in [6.45, 7) is 1.96. The van der Waals surface area contributed by atoms with Gasteiger partial charge in [-0.2, -0.15) is 0 Å². The third-order valence-corrected chi connectivity index (χ3v) is 5.00. The standard InChI is InChI=1S/C19H14N4O3S/c1-11-6-8-12(9-7-11)16(24)20-19-22-21-15(27-19)10-23-17(25)13-4-2-3-5-14(13)18(23)26/h2-9H,10H2,1H3,(H,20,22,24). The molecule has 0 radical (unpaired) electrons. The molecule has 0 unspecified atom stereocenters. The van der Waals surface area contributed by atoms with Crippen molar-refractivity contribution in [3.05, 3.63) is 75.8 Å². The van der Waals surface area contributed by atoms with Gasteiger partial charge >= 0.3 is 0 Å². The summed E-state index contributed by atoms with van der Waals surface area (Å²) >= 11 is 1.13. The topological polar surface area (TPSA) is 92.3 Å². The number of hydrogen-bond donors (Lipinski definition) is 1. The third kappa shape index (κ3) is 3.22. The summed E-state index contributed by atoms with van der Waals surface area (Å²) in [5.41, 5.74) is 2.35. The molecular formula is C19H14N4O3S. The zero-order chi connectivity index (χ0) is 19.0. The molecule has 2 aromatic carbocycles. The predicted octanol–water partition coefficient (Wildman–Crippen LogP) is 2.90. The van der Waals surface area contributed by atoms with Crippen LogP contribution in [-0.2, 0) is 6.54 Å². The second kappa shape index (κ2) is 6.73. The Bertz CT molecular complexity index is 1020. The maximum absolute atomic E-state index is 12.4. The van der Waals surface area contributed by atoms with Crippen LogP contribution in [0, 0.1) is 6.92 Å². The Morgan fingerprint density at radius 3 is 2.26 bits per heavy atom. The molecule has 134 valence electrons. The van der Waals surface area contributed by atoms with Crippen molar-refractivity contribution in [1.29, 1.82) is 0 Å². The van der Waals surface area contributed by atoms with Gasteiger partial charge in [-0.3, -0.25) is 24.6 Å². The van der Waals surface area contributed by atoms with Crippen LogP contribution in [0.3, 0.4) is 0 Å². The Morgan fingerprint density at radius 1 is 1.00 bits per heavy atom. The molecule has 1 N–H and O–H groups in total. The molecule has 1 aromatic heterocycles. The van der Waals surface area contributed by atoms with Crippen LogP contribution >= 0.6 is 11.3 Å². The predicted molar refractivity (Wildman–Crippen MR) is 99.7 cm³/mol. The molecular weight excluding hydrogens is 364 g/mol. The summed E-state index contributed by atoms with van der Waals surface area (Å²) < 4.78 is 0. The minimum atomic E-state index is -0.351. The summed E-state index contributed by atoms with van der Waals surface area (Å²) in [5, 5.41) is 11.4. The molecule has 1 aliphatic heterocycles. The number of rotatable bonds is 4. The first-order valence-corrected chi connectivity index (χ1v) is 9.00. The number of aryl methyl sites for hydroxylation is 1. The van der Waals surface area contributed by atoms with Crippen molar-refractivity contribution >= 4 is 34.2 Å². The zero-order valence-electron chi connectivity index (χ0n) is 14.3. The second-order valence-electron chi connectivity index (χ2n) is 6.06. The van der Waals surface area contributed by atoms with Gasteiger partial charge in [0.15, 0.2) is 0 Å². The highest BCUT2D eigenvalue weighted by molar-refractivity contribution is 7.15. The van der Waals surface area contributed by atoms with Crippen molar-refractivity contribution in [1.82, 2.24) is 15.1 Å². The number of nitrogens with one attached hydrogen (secondary N) is 1. The Morgan fingerprint density at radius 2 is 1.63 bits per heavy atom. The normalized spacial score (nSPS) is 13.0. The van der Waals surface area contributed by atoms with Crippen LogP contribution in [0.4, 0.5) is 5.13 Å². The van der Waals surface area contributed by atoms with Gasteiger partial charge < -0.3 is 0 Å². The van der Waals surface area contributed by atoms with Gasteiger partial charge in [-0.15, -0.1) is 10.2 Å². The van der Waals surface area contributed by atoms with Crippen LogP contribution in [0.15, 0.2) is 48.5 Å². The Balaban J connectivity index is 1.46. The SMILES string of the molecule is Cc1ccc(C(=O)Nc2nnc(CN3C(=O)c4ccccc4C3=O)s2)cc1. The Hall–Kier alpha value is -3.39. The van der Waals surface area contributed by atoms with Crippen LogP contribution in [-0.4, -0.2) is 32.8 Å². The summed E-state index contributed by atoms with van der Waals surface area (Å²) in [6, 6.07) is 13.8. The van der Waals surface area contributed by atoms with Gasteiger partial charge in [0.1, 0.15) is 5.01 Å². The monoisotopic (exact) mass is 378 g/mol. The third-order valence-electron chi connectivity index (χ3n) is 4.17. The molecule has 0 spiro atoms. The number of nitrogens with zero attached hydrogens (tertiary/aromatic N) is 3. The van der Waals surface area contributed by atoms with Gasteiger partial charge in [0, 0.05) is 5.56 Å².